The standard InChI is InChI=1S/C26H33N5O/c1-20-9-8-12-24(17-20)29-13-15-30(16-14-29)26(32)19-28(4)18-25-21(2)27-31(22(25)3)23-10-6-5-7-11-23/h5-12,17H,13-16,18-19H2,1-4H3. The molecule has 3 aromatic rings. The Labute approximate surface area is 191 Å². The summed E-state index contributed by atoms with van der Waals surface area (Å²) in [5.74, 6) is 0.196. The Bertz CT molecular complexity index is 1070. The number of nitrogens with zero attached hydrogens (tertiary/aromatic N) is 5. The van der Waals surface area contributed by atoms with E-state index in [1.807, 2.05) is 41.8 Å². The molecule has 1 aromatic heterocycles. The van der Waals surface area contributed by atoms with E-state index in [-0.39, 0.29) is 5.91 Å². The van der Waals surface area contributed by atoms with Crippen LogP contribution in [0.2, 0.25) is 0 Å². The van der Waals surface area contributed by atoms with Crippen LogP contribution >= 0.6 is 0 Å². The van der Waals surface area contributed by atoms with E-state index < -0.39 is 0 Å². The first kappa shape index (κ1) is 22.1. The first-order valence-corrected chi connectivity index (χ1v) is 11.3. The molecule has 0 unspecified atom stereocenters. The summed E-state index contributed by atoms with van der Waals surface area (Å²) in [5.41, 5.74) is 6.90. The Morgan fingerprint density at radius 3 is 2.31 bits per heavy atom. The lowest BCUT2D eigenvalue weighted by molar-refractivity contribution is -0.132. The summed E-state index contributed by atoms with van der Waals surface area (Å²) < 4.78 is 1.99. The number of carbonyl (C=O) groups excluding carboxylic acids is 1. The average molecular weight is 432 g/mol. The van der Waals surface area contributed by atoms with Gasteiger partial charge in [-0.05, 0) is 57.6 Å². The van der Waals surface area contributed by atoms with Crippen LogP contribution in [0, 0.1) is 20.8 Å². The number of hydrogen-bond acceptors (Lipinski definition) is 4. The van der Waals surface area contributed by atoms with Gasteiger partial charge in [0.25, 0.3) is 0 Å². The van der Waals surface area contributed by atoms with Crippen LogP contribution < -0.4 is 4.90 Å². The van der Waals surface area contributed by atoms with E-state index in [0.29, 0.717) is 13.1 Å². The maximum Gasteiger partial charge on any atom is 0.236 e. The third-order valence-corrected chi connectivity index (χ3v) is 6.27. The quantitative estimate of drug-likeness (QED) is 0.599. The molecule has 32 heavy (non-hydrogen) atoms. The van der Waals surface area contributed by atoms with E-state index >= 15 is 0 Å². The van der Waals surface area contributed by atoms with Crippen molar-refractivity contribution in [1.82, 2.24) is 19.6 Å². The molecule has 1 fully saturated rings. The number of anilines is 1. The zero-order valence-corrected chi connectivity index (χ0v) is 19.6. The number of carbonyl (C=O) groups is 1. The van der Waals surface area contributed by atoms with Gasteiger partial charge in [0, 0.05) is 49.7 Å². The summed E-state index contributed by atoms with van der Waals surface area (Å²) >= 11 is 0. The molecule has 0 aliphatic carbocycles. The van der Waals surface area contributed by atoms with Crippen LogP contribution in [0.4, 0.5) is 5.69 Å². The molecule has 0 radical (unpaired) electrons. The van der Waals surface area contributed by atoms with Crippen LogP contribution in [-0.4, -0.2) is 65.3 Å². The zero-order chi connectivity index (χ0) is 22.7. The first-order chi connectivity index (χ1) is 15.4. The molecule has 0 bridgehead atoms. The lowest BCUT2D eigenvalue weighted by Gasteiger charge is -2.37. The van der Waals surface area contributed by atoms with Crippen molar-refractivity contribution in [3.8, 4) is 5.69 Å². The van der Waals surface area contributed by atoms with E-state index in [9.17, 15) is 4.79 Å². The topological polar surface area (TPSA) is 44.6 Å². The van der Waals surface area contributed by atoms with Gasteiger partial charge in [0.2, 0.25) is 5.91 Å². The molecule has 4 rings (SSSR count). The molecule has 2 aromatic carbocycles. The van der Waals surface area contributed by atoms with E-state index in [4.69, 9.17) is 5.10 Å². The predicted octanol–water partition coefficient (Wildman–Crippen LogP) is 3.58. The van der Waals surface area contributed by atoms with Crippen molar-refractivity contribution < 1.29 is 4.79 Å². The second-order valence-electron chi connectivity index (χ2n) is 8.78. The van der Waals surface area contributed by atoms with Crippen molar-refractivity contribution in [2.75, 3.05) is 44.7 Å². The van der Waals surface area contributed by atoms with Gasteiger partial charge in [0.1, 0.15) is 0 Å². The highest BCUT2D eigenvalue weighted by Gasteiger charge is 2.23. The minimum Gasteiger partial charge on any atom is -0.368 e. The number of aromatic nitrogens is 2. The van der Waals surface area contributed by atoms with E-state index in [0.717, 1.165) is 43.3 Å². The van der Waals surface area contributed by atoms with Crippen molar-refractivity contribution in [2.45, 2.75) is 27.3 Å². The number of aryl methyl sites for hydroxylation is 2. The van der Waals surface area contributed by atoms with Crippen molar-refractivity contribution >= 4 is 11.6 Å². The minimum absolute atomic E-state index is 0.196. The fraction of sp³-hybridized carbons (Fsp3) is 0.385. The molecule has 1 aliphatic rings. The Morgan fingerprint density at radius 1 is 0.938 bits per heavy atom. The van der Waals surface area contributed by atoms with Gasteiger partial charge >= 0.3 is 0 Å². The normalized spacial score (nSPS) is 14.3. The molecule has 2 heterocycles. The van der Waals surface area contributed by atoms with Crippen molar-refractivity contribution in [3.05, 3.63) is 77.1 Å². The van der Waals surface area contributed by atoms with E-state index in [2.05, 4.69) is 60.0 Å². The molecule has 0 spiro atoms. The molecule has 0 atom stereocenters. The van der Waals surface area contributed by atoms with Gasteiger partial charge in [0.15, 0.2) is 0 Å². The Balaban J connectivity index is 1.33. The minimum atomic E-state index is 0.196. The highest BCUT2D eigenvalue weighted by Crippen LogP contribution is 2.20. The largest absolute Gasteiger partial charge is 0.368 e. The van der Waals surface area contributed by atoms with Crippen molar-refractivity contribution in [1.29, 1.82) is 0 Å². The molecule has 0 N–H and O–H groups in total. The number of rotatable bonds is 6. The second kappa shape index (κ2) is 9.57. The Morgan fingerprint density at radius 2 is 1.62 bits per heavy atom. The van der Waals surface area contributed by atoms with Crippen LogP contribution in [0.3, 0.4) is 0 Å². The van der Waals surface area contributed by atoms with E-state index in [1.165, 1.54) is 16.8 Å². The van der Waals surface area contributed by atoms with Gasteiger partial charge in [-0.3, -0.25) is 9.69 Å². The summed E-state index contributed by atoms with van der Waals surface area (Å²) in [7, 11) is 2.01. The highest BCUT2D eigenvalue weighted by atomic mass is 16.2. The first-order valence-electron chi connectivity index (χ1n) is 11.3. The van der Waals surface area contributed by atoms with Crippen LogP contribution in [0.5, 0.6) is 0 Å². The average Bonchev–Trinajstić information content (AvgIpc) is 3.08. The van der Waals surface area contributed by atoms with Crippen molar-refractivity contribution in [3.63, 3.8) is 0 Å². The SMILES string of the molecule is Cc1cccc(N2CCN(C(=O)CN(C)Cc3c(C)nn(-c4ccccc4)c3C)CC2)c1. The second-order valence-corrected chi connectivity index (χ2v) is 8.78. The monoisotopic (exact) mass is 431 g/mol. The summed E-state index contributed by atoms with van der Waals surface area (Å²) in [4.78, 5) is 19.4. The van der Waals surface area contributed by atoms with Crippen LogP contribution in [0.25, 0.3) is 5.69 Å². The third-order valence-electron chi connectivity index (χ3n) is 6.27. The fourth-order valence-corrected chi connectivity index (χ4v) is 4.42. The highest BCUT2D eigenvalue weighted by molar-refractivity contribution is 5.78. The van der Waals surface area contributed by atoms with Crippen LogP contribution in [-0.2, 0) is 11.3 Å². The molecule has 1 saturated heterocycles. The summed E-state index contributed by atoms with van der Waals surface area (Å²) in [6.45, 7) is 10.7. The van der Waals surface area contributed by atoms with E-state index in [1.54, 1.807) is 0 Å². The Hall–Kier alpha value is -3.12. The van der Waals surface area contributed by atoms with Gasteiger partial charge in [-0.25, -0.2) is 4.68 Å². The molecular formula is C26H33N5O. The van der Waals surface area contributed by atoms with Gasteiger partial charge in [-0.2, -0.15) is 5.10 Å². The van der Waals surface area contributed by atoms with Crippen LogP contribution in [0.1, 0.15) is 22.5 Å². The lowest BCUT2D eigenvalue weighted by atomic mass is 10.1. The molecule has 6 heteroatoms. The molecule has 168 valence electrons. The smallest absolute Gasteiger partial charge is 0.236 e. The molecule has 1 amide bonds. The third kappa shape index (κ3) is 4.86. The van der Waals surface area contributed by atoms with Gasteiger partial charge in [0.05, 0.1) is 17.9 Å². The number of piperazine rings is 1. The molecule has 6 nitrogen and oxygen atoms in total. The van der Waals surface area contributed by atoms with Crippen molar-refractivity contribution in [2.24, 2.45) is 0 Å². The number of amides is 1. The maximum atomic E-state index is 12.9. The number of para-hydroxylation sites is 1. The molecule has 0 saturated carbocycles. The summed E-state index contributed by atoms with van der Waals surface area (Å²) in [6.07, 6.45) is 0. The summed E-state index contributed by atoms with van der Waals surface area (Å²) in [5, 5.41) is 4.73. The van der Waals surface area contributed by atoms with Crippen LogP contribution in [0.15, 0.2) is 54.6 Å². The van der Waals surface area contributed by atoms with Gasteiger partial charge in [-0.1, -0.05) is 30.3 Å². The number of likely N-dealkylation sites (N-methyl/N-ethyl adjacent to an activating group) is 1. The lowest BCUT2D eigenvalue weighted by Crippen LogP contribution is -2.51. The van der Waals surface area contributed by atoms with Gasteiger partial charge in [-0.15, -0.1) is 0 Å². The number of hydrogen-bond donors (Lipinski definition) is 0. The Kier molecular flexibility index (Phi) is 6.61. The fourth-order valence-electron chi connectivity index (χ4n) is 4.42. The molecule has 1 aliphatic heterocycles. The maximum absolute atomic E-state index is 12.9. The predicted molar refractivity (Wildman–Crippen MR) is 129 cm³/mol. The zero-order valence-electron chi connectivity index (χ0n) is 19.6. The summed E-state index contributed by atoms with van der Waals surface area (Å²) in [6, 6.07) is 18.8. The van der Waals surface area contributed by atoms with Gasteiger partial charge < -0.3 is 9.80 Å². The molecular weight excluding hydrogens is 398 g/mol. The number of benzene rings is 2.